The van der Waals surface area contributed by atoms with Crippen LogP contribution in [0.25, 0.3) is 12.2 Å². The second-order valence-electron chi connectivity index (χ2n) is 10.5. The van der Waals surface area contributed by atoms with Gasteiger partial charge in [-0.2, -0.15) is 4.73 Å². The lowest BCUT2D eigenvalue weighted by Gasteiger charge is -2.33. The number of aryl methyl sites for hydroxylation is 1. The number of likely N-dealkylation sites (tertiary alicyclic amines) is 1. The Kier molecular flexibility index (Phi) is 27.7. The van der Waals surface area contributed by atoms with Crippen molar-refractivity contribution in [1.82, 2.24) is 25.6 Å². The number of hydrogen-bond acceptors (Lipinski definition) is 6. The molecule has 3 N–H and O–H groups in total. The van der Waals surface area contributed by atoms with E-state index < -0.39 is 11.8 Å². The molecule has 0 aromatic carbocycles. The third-order valence-electron chi connectivity index (χ3n) is 6.75. The van der Waals surface area contributed by atoms with Gasteiger partial charge in [0.05, 0.1) is 25.3 Å². The van der Waals surface area contributed by atoms with Crippen LogP contribution in [0.5, 0.6) is 0 Å². The van der Waals surface area contributed by atoms with E-state index in [0.717, 1.165) is 50.6 Å². The minimum Gasteiger partial charge on any atom is -0.417 e. The zero-order valence-corrected chi connectivity index (χ0v) is 28.8. The monoisotopic (exact) mass is 633 g/mol. The van der Waals surface area contributed by atoms with E-state index in [0.29, 0.717) is 6.41 Å². The summed E-state index contributed by atoms with van der Waals surface area (Å²) in [7, 11) is 1.64. The highest BCUT2D eigenvalue weighted by Gasteiger charge is 2.23. The molecule has 2 rings (SSSR count). The van der Waals surface area contributed by atoms with Crippen molar-refractivity contribution in [3.05, 3.63) is 35.7 Å². The third-order valence-corrected chi connectivity index (χ3v) is 6.75. The fourth-order valence-electron chi connectivity index (χ4n) is 4.03. The van der Waals surface area contributed by atoms with Crippen molar-refractivity contribution in [3.63, 3.8) is 0 Å². The van der Waals surface area contributed by atoms with Crippen molar-refractivity contribution >= 4 is 42.6 Å². The summed E-state index contributed by atoms with van der Waals surface area (Å²) in [5.74, 6) is -1.01. The first-order valence-corrected chi connectivity index (χ1v) is 16.1. The predicted molar refractivity (Wildman–Crippen MR) is 182 cm³/mol. The van der Waals surface area contributed by atoms with E-state index in [4.69, 9.17) is 4.84 Å². The molecule has 1 aromatic rings. The minimum atomic E-state index is -0.465. The van der Waals surface area contributed by atoms with Gasteiger partial charge in [-0.25, -0.2) is 0 Å². The van der Waals surface area contributed by atoms with Gasteiger partial charge in [-0.15, -0.1) is 0 Å². The van der Waals surface area contributed by atoms with Crippen molar-refractivity contribution in [2.45, 2.75) is 105 Å². The Morgan fingerprint density at radius 2 is 1.64 bits per heavy atom. The van der Waals surface area contributed by atoms with E-state index in [1.807, 2.05) is 26.1 Å². The van der Waals surface area contributed by atoms with Gasteiger partial charge in [0.25, 0.3) is 0 Å². The number of nitrogens with zero attached hydrogens (tertiary/aromatic N) is 2. The van der Waals surface area contributed by atoms with Gasteiger partial charge in [0, 0.05) is 30.8 Å². The van der Waals surface area contributed by atoms with Crippen molar-refractivity contribution < 1.29 is 28.8 Å². The Bertz CT molecular complexity index is 1020. The molecule has 0 saturated carbocycles. The summed E-state index contributed by atoms with van der Waals surface area (Å²) < 4.78 is 1.72. The molecule has 0 spiro atoms. The number of hydrogen-bond donors (Lipinski definition) is 3. The fourth-order valence-corrected chi connectivity index (χ4v) is 4.03. The molecule has 256 valence electrons. The quantitative estimate of drug-likeness (QED) is 0.193. The van der Waals surface area contributed by atoms with Gasteiger partial charge in [0.2, 0.25) is 24.1 Å². The molecule has 1 aliphatic rings. The van der Waals surface area contributed by atoms with E-state index >= 15 is 0 Å². The Labute approximate surface area is 271 Å². The highest BCUT2D eigenvalue weighted by Crippen LogP contribution is 2.19. The molecule has 11 nitrogen and oxygen atoms in total. The van der Waals surface area contributed by atoms with Gasteiger partial charge in [-0.3, -0.25) is 19.2 Å². The molecule has 0 aliphatic carbocycles. The van der Waals surface area contributed by atoms with Gasteiger partial charge < -0.3 is 30.5 Å². The Hall–Kier alpha value is -3.89. The average Bonchev–Trinajstić information content (AvgIpc) is 3.36. The van der Waals surface area contributed by atoms with Crippen LogP contribution < -0.4 is 20.8 Å². The molecule has 1 saturated heterocycles. The maximum absolute atomic E-state index is 12.0. The van der Waals surface area contributed by atoms with Crippen LogP contribution in [0.1, 0.15) is 109 Å². The molecule has 1 aliphatic heterocycles. The van der Waals surface area contributed by atoms with E-state index in [1.165, 1.54) is 36.8 Å². The summed E-state index contributed by atoms with van der Waals surface area (Å²) in [5, 5.41) is 6.99. The predicted octanol–water partition coefficient (Wildman–Crippen LogP) is 4.47. The molecule has 1 atom stereocenters. The van der Waals surface area contributed by atoms with Crippen molar-refractivity contribution in [1.29, 1.82) is 0 Å². The van der Waals surface area contributed by atoms with Gasteiger partial charge in [0.15, 0.2) is 0 Å². The molecular weight excluding hydrogens is 574 g/mol. The topological polar surface area (TPSA) is 139 Å². The first-order chi connectivity index (χ1) is 21.6. The van der Waals surface area contributed by atoms with Crippen LogP contribution >= 0.6 is 0 Å². The molecular formula is C34H59N5O6. The molecule has 1 aromatic heterocycles. The fraction of sp³-hybridized carbons (Fsp3) is 0.618. The van der Waals surface area contributed by atoms with Gasteiger partial charge in [0.1, 0.15) is 13.4 Å². The highest BCUT2D eigenvalue weighted by atomic mass is 16.6. The lowest BCUT2D eigenvalue weighted by atomic mass is 10.0. The first kappa shape index (κ1) is 43.2. The van der Waals surface area contributed by atoms with Crippen LogP contribution in [0, 0.1) is 6.92 Å². The van der Waals surface area contributed by atoms with Gasteiger partial charge in [-0.1, -0.05) is 65.2 Å². The summed E-state index contributed by atoms with van der Waals surface area (Å²) in [4.78, 5) is 61.2. The van der Waals surface area contributed by atoms with Crippen LogP contribution in [0.2, 0.25) is 0 Å². The third kappa shape index (κ3) is 20.7. The molecule has 1 fully saturated rings. The molecule has 0 radical (unpaired) electrons. The maximum atomic E-state index is 12.0. The molecule has 45 heavy (non-hydrogen) atoms. The Morgan fingerprint density at radius 1 is 1.00 bits per heavy atom. The number of carbonyl (C=O) groups is 5. The van der Waals surface area contributed by atoms with E-state index in [9.17, 15) is 24.0 Å². The van der Waals surface area contributed by atoms with Crippen LogP contribution in [-0.4, -0.2) is 79.4 Å². The first-order valence-electron chi connectivity index (χ1n) is 16.1. The minimum absolute atomic E-state index is 0.0639. The number of aldehydes is 1. The van der Waals surface area contributed by atoms with Crippen molar-refractivity contribution in [2.75, 3.05) is 33.3 Å². The van der Waals surface area contributed by atoms with Crippen LogP contribution in [0.4, 0.5) is 0 Å². The maximum Gasteiger partial charge on any atom is 0.242 e. The SMILES string of the molecule is C=Cc1c(/C=C\C)c(C)cn1OC.CC1CCCCN1C(=O)CNC(=O)CNC(=O)CNC=O.CCCC.CCCCCC=O. The average molecular weight is 634 g/mol. The van der Waals surface area contributed by atoms with Crippen LogP contribution in [0.15, 0.2) is 18.9 Å². The van der Waals surface area contributed by atoms with Gasteiger partial charge >= 0.3 is 0 Å². The zero-order chi connectivity index (χ0) is 34.5. The van der Waals surface area contributed by atoms with Crippen molar-refractivity contribution in [3.8, 4) is 0 Å². The lowest BCUT2D eigenvalue weighted by molar-refractivity contribution is -0.135. The summed E-state index contributed by atoms with van der Waals surface area (Å²) >= 11 is 0. The molecule has 11 heteroatoms. The number of carbonyl (C=O) groups excluding carboxylic acids is 5. The highest BCUT2D eigenvalue weighted by molar-refractivity contribution is 5.89. The van der Waals surface area contributed by atoms with E-state index in [2.05, 4.69) is 56.3 Å². The van der Waals surface area contributed by atoms with Crippen molar-refractivity contribution in [2.24, 2.45) is 0 Å². The largest absolute Gasteiger partial charge is 0.417 e. The summed E-state index contributed by atoms with van der Waals surface area (Å²) in [6.45, 7) is 16.6. The summed E-state index contributed by atoms with van der Waals surface area (Å²) in [6, 6.07) is 0.206. The zero-order valence-electron chi connectivity index (χ0n) is 28.8. The van der Waals surface area contributed by atoms with Gasteiger partial charge in [-0.05, 0) is 58.1 Å². The molecule has 0 bridgehead atoms. The Balaban J connectivity index is 0. The standard InChI is InChI=1S/C13H22N4O4.C11H15NO.C6H12O.C4H10/c1-10-4-2-3-5-17(10)13(21)8-16-12(20)7-15-11(19)6-14-9-18;1-5-7-10-9(3)8-12(13-4)11(10)6-2;1-2-3-4-5-6-7;1-3-4-2/h9-10H,2-8H2,1H3,(H,14,18)(H,15,19)(H,16,20);5-8H,2H2,1,3-4H3;6H,2-5H2,1H3;3-4H2,1-2H3/b;7-5-;;. The number of nitrogens with one attached hydrogen (secondary N) is 3. The molecule has 4 amide bonds. The second kappa shape index (κ2) is 28.9. The van der Waals surface area contributed by atoms with E-state index in [-0.39, 0.29) is 31.6 Å². The smallest absolute Gasteiger partial charge is 0.242 e. The second-order valence-corrected chi connectivity index (χ2v) is 10.5. The van der Waals surface area contributed by atoms with E-state index in [1.54, 1.807) is 22.8 Å². The number of aromatic nitrogens is 1. The summed E-state index contributed by atoms with van der Waals surface area (Å²) in [6.07, 6.45) is 19.1. The molecule has 1 unspecified atom stereocenters. The lowest BCUT2D eigenvalue weighted by Crippen LogP contribution is -2.48. The number of piperidine rings is 1. The number of amides is 4. The molecule has 2 heterocycles. The Morgan fingerprint density at radius 3 is 2.16 bits per heavy atom. The van der Waals surface area contributed by atoms with Crippen LogP contribution in [0.3, 0.4) is 0 Å². The van der Waals surface area contributed by atoms with Crippen LogP contribution in [-0.2, 0) is 24.0 Å². The number of unbranched alkanes of at least 4 members (excludes halogenated alkanes) is 4. The summed E-state index contributed by atoms with van der Waals surface area (Å²) in [5.41, 5.74) is 3.35. The number of rotatable bonds is 15. The normalized spacial score (nSPS) is 13.4. The number of allylic oxidation sites excluding steroid dienone is 1.